The van der Waals surface area contributed by atoms with Gasteiger partial charge < -0.3 is 13.9 Å². The number of halogens is 3. The van der Waals surface area contributed by atoms with Crippen LogP contribution in [0, 0.1) is 6.92 Å². The molecule has 30 heavy (non-hydrogen) atoms. The van der Waals surface area contributed by atoms with Crippen molar-refractivity contribution in [1.82, 2.24) is 19.1 Å². The van der Waals surface area contributed by atoms with E-state index in [1.807, 2.05) is 22.3 Å². The monoisotopic (exact) mass is 436 g/mol. The van der Waals surface area contributed by atoms with Gasteiger partial charge in [0.25, 0.3) is 0 Å². The van der Waals surface area contributed by atoms with Crippen LogP contribution in [0.25, 0.3) is 11.3 Å². The SMILES string of the molecule is Cc1nccn1Cc1nc(-c2cccc(C(F)(F)F)c2)cn1COCC[Si](C)(C)C. The number of benzene rings is 1. The van der Waals surface area contributed by atoms with Gasteiger partial charge in [-0.15, -0.1) is 0 Å². The Bertz CT molecular complexity index is 989. The first kappa shape index (κ1) is 22.3. The van der Waals surface area contributed by atoms with Gasteiger partial charge >= 0.3 is 6.18 Å². The van der Waals surface area contributed by atoms with E-state index in [0.717, 1.165) is 24.0 Å². The van der Waals surface area contributed by atoms with E-state index in [2.05, 4.69) is 29.6 Å². The zero-order valence-electron chi connectivity index (χ0n) is 17.7. The number of rotatable bonds is 8. The number of aryl methyl sites for hydroxylation is 1. The predicted octanol–water partition coefficient (Wildman–Crippen LogP) is 5.43. The van der Waals surface area contributed by atoms with Crippen LogP contribution in [-0.4, -0.2) is 33.8 Å². The van der Waals surface area contributed by atoms with Gasteiger partial charge in [-0.2, -0.15) is 13.2 Å². The van der Waals surface area contributed by atoms with Crippen molar-refractivity contribution < 1.29 is 17.9 Å². The fourth-order valence-corrected chi connectivity index (χ4v) is 3.71. The molecule has 1 aromatic carbocycles. The highest BCUT2D eigenvalue weighted by Gasteiger charge is 2.30. The van der Waals surface area contributed by atoms with Crippen molar-refractivity contribution in [2.75, 3.05) is 6.61 Å². The number of aromatic nitrogens is 4. The molecular weight excluding hydrogens is 409 g/mol. The molecule has 3 rings (SSSR count). The van der Waals surface area contributed by atoms with Crippen molar-refractivity contribution in [3.8, 4) is 11.3 Å². The van der Waals surface area contributed by atoms with Gasteiger partial charge in [0, 0.05) is 38.8 Å². The Morgan fingerprint density at radius 2 is 1.90 bits per heavy atom. The van der Waals surface area contributed by atoms with E-state index >= 15 is 0 Å². The molecule has 0 N–H and O–H groups in total. The van der Waals surface area contributed by atoms with Gasteiger partial charge in [-0.1, -0.05) is 31.8 Å². The highest BCUT2D eigenvalue weighted by molar-refractivity contribution is 6.76. The number of nitrogens with zero attached hydrogens (tertiary/aromatic N) is 4. The minimum atomic E-state index is -4.39. The Kier molecular flexibility index (Phi) is 6.52. The van der Waals surface area contributed by atoms with Crippen molar-refractivity contribution in [2.45, 2.75) is 52.1 Å². The van der Waals surface area contributed by atoms with E-state index < -0.39 is 19.8 Å². The predicted molar refractivity (Wildman–Crippen MR) is 113 cm³/mol. The summed E-state index contributed by atoms with van der Waals surface area (Å²) in [6.45, 7) is 10.2. The molecule has 3 aromatic rings. The number of alkyl halides is 3. The minimum absolute atomic E-state index is 0.305. The molecular formula is C21H27F3N4OSi. The molecule has 0 aliphatic rings. The van der Waals surface area contributed by atoms with Crippen molar-refractivity contribution >= 4 is 8.07 Å². The van der Waals surface area contributed by atoms with E-state index in [0.29, 0.717) is 37.0 Å². The van der Waals surface area contributed by atoms with Crippen LogP contribution in [0.3, 0.4) is 0 Å². The van der Waals surface area contributed by atoms with E-state index in [4.69, 9.17) is 4.74 Å². The molecule has 0 bridgehead atoms. The zero-order chi connectivity index (χ0) is 21.9. The second-order valence-corrected chi connectivity index (χ2v) is 14.2. The second-order valence-electron chi connectivity index (χ2n) is 8.54. The van der Waals surface area contributed by atoms with Crippen LogP contribution >= 0.6 is 0 Å². The van der Waals surface area contributed by atoms with Gasteiger partial charge in [-0.05, 0) is 25.1 Å². The van der Waals surface area contributed by atoms with Crippen molar-refractivity contribution in [3.63, 3.8) is 0 Å². The molecule has 0 aliphatic carbocycles. The fourth-order valence-electron chi connectivity index (χ4n) is 2.95. The molecule has 9 heteroatoms. The molecule has 0 saturated heterocycles. The lowest BCUT2D eigenvalue weighted by molar-refractivity contribution is -0.137. The lowest BCUT2D eigenvalue weighted by atomic mass is 10.1. The first-order valence-electron chi connectivity index (χ1n) is 9.82. The van der Waals surface area contributed by atoms with E-state index in [9.17, 15) is 13.2 Å². The Labute approximate surface area is 175 Å². The standard InChI is InChI=1S/C21H27F3N4OSi/c1-16-25-8-9-27(16)14-20-26-19(13-28(20)15-29-10-11-30(2,3)4)17-6-5-7-18(12-17)21(22,23)24/h5-9,12-13H,10-11,14-15H2,1-4H3. The van der Waals surface area contributed by atoms with Gasteiger partial charge in [0.05, 0.1) is 17.8 Å². The molecule has 0 amide bonds. The van der Waals surface area contributed by atoms with Crippen molar-refractivity contribution in [2.24, 2.45) is 0 Å². The van der Waals surface area contributed by atoms with E-state index in [-0.39, 0.29) is 0 Å². The summed E-state index contributed by atoms with van der Waals surface area (Å²) in [4.78, 5) is 8.85. The maximum atomic E-state index is 13.1. The highest BCUT2D eigenvalue weighted by atomic mass is 28.3. The van der Waals surface area contributed by atoms with Gasteiger partial charge in [-0.25, -0.2) is 9.97 Å². The average molecular weight is 437 g/mol. The first-order valence-corrected chi connectivity index (χ1v) is 13.5. The summed E-state index contributed by atoms with van der Waals surface area (Å²) in [6.07, 6.45) is 0.923. The summed E-state index contributed by atoms with van der Waals surface area (Å²) in [5, 5.41) is 0. The molecule has 0 unspecified atom stereocenters. The maximum absolute atomic E-state index is 13.1. The molecule has 2 heterocycles. The zero-order valence-corrected chi connectivity index (χ0v) is 18.7. The summed E-state index contributed by atoms with van der Waals surface area (Å²) < 4.78 is 49.0. The van der Waals surface area contributed by atoms with Crippen LogP contribution in [0.2, 0.25) is 25.7 Å². The van der Waals surface area contributed by atoms with Crippen LogP contribution in [-0.2, 0) is 24.2 Å². The quantitative estimate of drug-likeness (QED) is 0.349. The van der Waals surface area contributed by atoms with Crippen LogP contribution in [0.1, 0.15) is 17.2 Å². The van der Waals surface area contributed by atoms with Crippen LogP contribution in [0.15, 0.2) is 42.9 Å². The van der Waals surface area contributed by atoms with Crippen LogP contribution in [0.5, 0.6) is 0 Å². The summed E-state index contributed by atoms with van der Waals surface area (Å²) in [5.74, 6) is 1.54. The molecule has 0 saturated carbocycles. The minimum Gasteiger partial charge on any atom is -0.361 e. The lowest BCUT2D eigenvalue weighted by Gasteiger charge is -2.16. The maximum Gasteiger partial charge on any atom is 0.416 e. The van der Waals surface area contributed by atoms with Gasteiger partial charge in [0.15, 0.2) is 0 Å². The van der Waals surface area contributed by atoms with Crippen LogP contribution in [0.4, 0.5) is 13.2 Å². The number of imidazole rings is 2. The third kappa shape index (κ3) is 5.82. The van der Waals surface area contributed by atoms with Crippen LogP contribution < -0.4 is 0 Å². The third-order valence-corrected chi connectivity index (χ3v) is 6.51. The molecule has 0 atom stereocenters. The molecule has 0 fully saturated rings. The molecule has 0 aliphatic heterocycles. The second kappa shape index (κ2) is 8.77. The molecule has 0 spiro atoms. The summed E-state index contributed by atoms with van der Waals surface area (Å²) in [5.41, 5.74) is 0.227. The smallest absolute Gasteiger partial charge is 0.361 e. The summed E-state index contributed by atoms with van der Waals surface area (Å²) >= 11 is 0. The number of ether oxygens (including phenoxy) is 1. The van der Waals surface area contributed by atoms with Crippen molar-refractivity contribution in [1.29, 1.82) is 0 Å². The van der Waals surface area contributed by atoms with E-state index in [1.54, 1.807) is 18.5 Å². The summed E-state index contributed by atoms with van der Waals surface area (Å²) in [7, 11) is -1.21. The Balaban J connectivity index is 1.87. The fraction of sp³-hybridized carbons (Fsp3) is 0.429. The molecule has 162 valence electrons. The van der Waals surface area contributed by atoms with Gasteiger partial charge in [0.2, 0.25) is 0 Å². The largest absolute Gasteiger partial charge is 0.416 e. The number of hydrogen-bond donors (Lipinski definition) is 0. The van der Waals surface area contributed by atoms with Gasteiger partial charge in [-0.3, -0.25) is 0 Å². The van der Waals surface area contributed by atoms with E-state index in [1.165, 1.54) is 6.07 Å². The molecule has 2 aromatic heterocycles. The Morgan fingerprint density at radius 1 is 1.13 bits per heavy atom. The summed E-state index contributed by atoms with van der Waals surface area (Å²) in [6, 6.07) is 6.28. The van der Waals surface area contributed by atoms with Crippen molar-refractivity contribution in [3.05, 3.63) is 60.1 Å². The normalized spacial score (nSPS) is 12.5. The average Bonchev–Trinajstić information content (AvgIpc) is 3.24. The first-order chi connectivity index (χ1) is 14.0. The lowest BCUT2D eigenvalue weighted by Crippen LogP contribution is -2.22. The third-order valence-electron chi connectivity index (χ3n) is 4.81. The molecule has 0 radical (unpaired) electrons. The molecule has 5 nitrogen and oxygen atoms in total. The highest BCUT2D eigenvalue weighted by Crippen LogP contribution is 2.32. The Morgan fingerprint density at radius 3 is 2.53 bits per heavy atom. The Hall–Kier alpha value is -2.39. The van der Waals surface area contributed by atoms with Gasteiger partial charge in [0.1, 0.15) is 18.4 Å². The topological polar surface area (TPSA) is 44.9 Å². The number of hydrogen-bond acceptors (Lipinski definition) is 3.